The Kier molecular flexibility index (Phi) is 4.59. The number of hydrogen-bond acceptors (Lipinski definition) is 5. The van der Waals surface area contributed by atoms with Crippen molar-refractivity contribution in [2.45, 2.75) is 26.7 Å². The molecule has 1 aromatic rings. The van der Waals surface area contributed by atoms with Crippen molar-refractivity contribution < 1.29 is 9.59 Å². The van der Waals surface area contributed by atoms with Gasteiger partial charge in [-0.15, -0.1) is 0 Å². The fourth-order valence-electron chi connectivity index (χ4n) is 2.38. The highest BCUT2D eigenvalue weighted by atomic mass is 32.1. The van der Waals surface area contributed by atoms with Crippen LogP contribution >= 0.6 is 11.5 Å². The maximum Gasteiger partial charge on any atom is 0.273 e. The summed E-state index contributed by atoms with van der Waals surface area (Å²) in [7, 11) is 0. The summed E-state index contributed by atoms with van der Waals surface area (Å²) in [4.78, 5) is 26.4. The molecule has 0 radical (unpaired) electrons. The third kappa shape index (κ3) is 2.92. The van der Waals surface area contributed by atoms with Crippen LogP contribution in [0.4, 0.5) is 5.69 Å². The number of amides is 2. The van der Waals surface area contributed by atoms with Gasteiger partial charge in [0.2, 0.25) is 0 Å². The molecule has 0 saturated carbocycles. The van der Waals surface area contributed by atoms with Gasteiger partial charge < -0.3 is 16.0 Å². The zero-order chi connectivity index (χ0) is 14.7. The Morgan fingerprint density at radius 3 is 2.95 bits per heavy atom. The van der Waals surface area contributed by atoms with Gasteiger partial charge in [-0.3, -0.25) is 9.59 Å². The van der Waals surface area contributed by atoms with Gasteiger partial charge in [-0.1, -0.05) is 6.92 Å². The van der Waals surface area contributed by atoms with E-state index < -0.39 is 0 Å². The maximum atomic E-state index is 12.4. The first kappa shape index (κ1) is 14.8. The van der Waals surface area contributed by atoms with Crippen LogP contribution in [0, 0.1) is 5.92 Å². The molecule has 1 aliphatic heterocycles. The second kappa shape index (κ2) is 6.21. The van der Waals surface area contributed by atoms with Crippen molar-refractivity contribution in [2.75, 3.05) is 25.4 Å². The molecule has 0 aliphatic carbocycles. The number of hydrogen-bond donors (Lipinski definition) is 2. The minimum atomic E-state index is -0.327. The molecule has 1 saturated heterocycles. The third-order valence-electron chi connectivity index (χ3n) is 3.42. The summed E-state index contributed by atoms with van der Waals surface area (Å²) in [6.07, 6.45) is 2.15. The molecule has 0 aromatic carbocycles. The van der Waals surface area contributed by atoms with E-state index in [1.54, 1.807) is 4.90 Å². The number of nitrogens with two attached hydrogens (primary N) is 1. The average Bonchev–Trinajstić information content (AvgIpc) is 2.80. The molecule has 0 unspecified atom stereocenters. The lowest BCUT2D eigenvalue weighted by Crippen LogP contribution is -2.39. The first-order valence-corrected chi connectivity index (χ1v) is 7.64. The van der Waals surface area contributed by atoms with Gasteiger partial charge in [0.1, 0.15) is 4.88 Å². The number of anilines is 1. The van der Waals surface area contributed by atoms with E-state index >= 15 is 0 Å². The predicted molar refractivity (Wildman–Crippen MR) is 78.8 cm³/mol. The molecule has 7 heteroatoms. The number of nitrogens with one attached hydrogen (secondary N) is 1. The SMILES string of the molecule is CCNC(=O)c1nsc(C(=O)N2CCC[C@@H](C)C2)c1N. The number of nitrogens with zero attached hydrogens (tertiary/aromatic N) is 2. The Balaban J connectivity index is 2.16. The Labute approximate surface area is 122 Å². The summed E-state index contributed by atoms with van der Waals surface area (Å²) in [6, 6.07) is 0. The monoisotopic (exact) mass is 296 g/mol. The summed E-state index contributed by atoms with van der Waals surface area (Å²) in [5, 5.41) is 2.64. The van der Waals surface area contributed by atoms with Crippen LogP contribution in [-0.2, 0) is 0 Å². The molecule has 3 N–H and O–H groups in total. The van der Waals surface area contributed by atoms with Gasteiger partial charge in [0.15, 0.2) is 5.69 Å². The zero-order valence-electron chi connectivity index (χ0n) is 11.8. The smallest absolute Gasteiger partial charge is 0.273 e. The van der Waals surface area contributed by atoms with Crippen molar-refractivity contribution in [1.29, 1.82) is 0 Å². The molecule has 1 fully saturated rings. The lowest BCUT2D eigenvalue weighted by molar-refractivity contribution is 0.0689. The Morgan fingerprint density at radius 2 is 2.30 bits per heavy atom. The quantitative estimate of drug-likeness (QED) is 0.881. The predicted octanol–water partition coefficient (Wildman–Crippen LogP) is 1.35. The van der Waals surface area contributed by atoms with Crippen LogP contribution in [0.25, 0.3) is 0 Å². The molecule has 2 rings (SSSR count). The number of rotatable bonds is 3. The largest absolute Gasteiger partial charge is 0.395 e. The number of piperidine rings is 1. The summed E-state index contributed by atoms with van der Waals surface area (Å²) in [5.74, 6) is 0.0686. The first-order valence-electron chi connectivity index (χ1n) is 6.87. The standard InChI is InChI=1S/C13H20N4O2S/c1-3-15-12(18)10-9(14)11(20-16-10)13(19)17-6-4-5-8(2)7-17/h8H,3-7,14H2,1-2H3,(H,15,18)/t8-/m1/s1. The Hall–Kier alpha value is -1.63. The van der Waals surface area contributed by atoms with E-state index in [0.717, 1.165) is 37.5 Å². The minimum absolute atomic E-state index is 0.109. The van der Waals surface area contributed by atoms with Crippen LogP contribution in [0.5, 0.6) is 0 Å². The summed E-state index contributed by atoms with van der Waals surface area (Å²) in [6.45, 7) is 5.95. The number of carbonyl (C=O) groups is 2. The average molecular weight is 296 g/mol. The van der Waals surface area contributed by atoms with E-state index in [1.165, 1.54) is 0 Å². The van der Waals surface area contributed by atoms with Gasteiger partial charge in [0.25, 0.3) is 11.8 Å². The van der Waals surface area contributed by atoms with Crippen LogP contribution in [0.2, 0.25) is 0 Å². The first-order chi connectivity index (χ1) is 9.54. The molecule has 0 spiro atoms. The fraction of sp³-hybridized carbons (Fsp3) is 0.615. The van der Waals surface area contributed by atoms with Crippen LogP contribution in [0.1, 0.15) is 46.8 Å². The summed E-state index contributed by atoms with van der Waals surface area (Å²) >= 11 is 1.01. The lowest BCUT2D eigenvalue weighted by atomic mass is 10.0. The van der Waals surface area contributed by atoms with Crippen molar-refractivity contribution in [3.8, 4) is 0 Å². The maximum absolute atomic E-state index is 12.4. The van der Waals surface area contributed by atoms with E-state index in [9.17, 15) is 9.59 Å². The minimum Gasteiger partial charge on any atom is -0.395 e. The van der Waals surface area contributed by atoms with E-state index in [-0.39, 0.29) is 23.2 Å². The Morgan fingerprint density at radius 1 is 1.55 bits per heavy atom. The number of carbonyl (C=O) groups excluding carboxylic acids is 2. The lowest BCUT2D eigenvalue weighted by Gasteiger charge is -2.30. The van der Waals surface area contributed by atoms with E-state index in [0.29, 0.717) is 17.3 Å². The van der Waals surface area contributed by atoms with E-state index in [1.807, 2.05) is 6.92 Å². The zero-order valence-corrected chi connectivity index (χ0v) is 12.6. The highest BCUT2D eigenvalue weighted by Crippen LogP contribution is 2.25. The highest BCUT2D eigenvalue weighted by molar-refractivity contribution is 7.09. The van der Waals surface area contributed by atoms with Crippen LogP contribution < -0.4 is 11.1 Å². The van der Waals surface area contributed by atoms with Crippen LogP contribution in [0.15, 0.2) is 0 Å². The molecule has 20 heavy (non-hydrogen) atoms. The molecule has 110 valence electrons. The summed E-state index contributed by atoms with van der Waals surface area (Å²) < 4.78 is 4.03. The second-order valence-electron chi connectivity index (χ2n) is 5.13. The molecule has 1 atom stereocenters. The molecular formula is C13H20N4O2S. The normalized spacial score (nSPS) is 18.9. The Bertz CT molecular complexity index is 514. The van der Waals surface area contributed by atoms with Gasteiger partial charge in [0, 0.05) is 19.6 Å². The third-order valence-corrected chi connectivity index (χ3v) is 4.27. The van der Waals surface area contributed by atoms with Gasteiger partial charge in [0.05, 0.1) is 5.69 Å². The van der Waals surface area contributed by atoms with E-state index in [2.05, 4.69) is 16.6 Å². The molecule has 0 bridgehead atoms. The molecule has 1 aromatic heterocycles. The fourth-order valence-corrected chi connectivity index (χ4v) is 3.14. The molecule has 2 amide bonds. The van der Waals surface area contributed by atoms with Crippen molar-refractivity contribution in [3.63, 3.8) is 0 Å². The number of nitrogen functional groups attached to an aromatic ring is 1. The van der Waals surface area contributed by atoms with Gasteiger partial charge in [-0.25, -0.2) is 0 Å². The van der Waals surface area contributed by atoms with Crippen molar-refractivity contribution in [1.82, 2.24) is 14.6 Å². The molecule has 1 aliphatic rings. The van der Waals surface area contributed by atoms with Crippen molar-refractivity contribution in [2.24, 2.45) is 5.92 Å². The van der Waals surface area contributed by atoms with Gasteiger partial charge in [-0.2, -0.15) is 4.37 Å². The van der Waals surface area contributed by atoms with Crippen molar-refractivity contribution in [3.05, 3.63) is 10.6 Å². The highest BCUT2D eigenvalue weighted by Gasteiger charge is 2.27. The van der Waals surface area contributed by atoms with Gasteiger partial charge in [-0.05, 0) is 37.2 Å². The second-order valence-corrected chi connectivity index (χ2v) is 5.91. The van der Waals surface area contributed by atoms with Crippen LogP contribution in [0.3, 0.4) is 0 Å². The van der Waals surface area contributed by atoms with Gasteiger partial charge >= 0.3 is 0 Å². The van der Waals surface area contributed by atoms with Crippen molar-refractivity contribution >= 4 is 29.0 Å². The number of aromatic nitrogens is 1. The summed E-state index contributed by atoms with van der Waals surface area (Å²) in [5.41, 5.74) is 6.27. The molecular weight excluding hydrogens is 276 g/mol. The molecule has 6 nitrogen and oxygen atoms in total. The topological polar surface area (TPSA) is 88.3 Å². The molecule has 2 heterocycles. The number of likely N-dealkylation sites (tertiary alicyclic amines) is 1. The van der Waals surface area contributed by atoms with Crippen LogP contribution in [-0.4, -0.2) is 40.7 Å². The van der Waals surface area contributed by atoms with E-state index in [4.69, 9.17) is 5.73 Å².